The van der Waals surface area contributed by atoms with Gasteiger partial charge in [-0.15, -0.1) is 0 Å². The molecule has 0 aliphatic rings. The summed E-state index contributed by atoms with van der Waals surface area (Å²) in [5.41, 5.74) is -1.24. The summed E-state index contributed by atoms with van der Waals surface area (Å²) in [6.07, 6.45) is 0. The molecule has 1 aromatic carbocycles. The van der Waals surface area contributed by atoms with Crippen molar-refractivity contribution in [2.75, 3.05) is 12.4 Å². The maximum absolute atomic E-state index is 13.2. The number of carbonyl (C=O) groups is 2. The van der Waals surface area contributed by atoms with E-state index in [-0.39, 0.29) is 15.7 Å². The molecule has 8 heteroatoms. The molecule has 0 heterocycles. The number of benzene rings is 1. The summed E-state index contributed by atoms with van der Waals surface area (Å²) in [6, 6.07) is 1.68. The van der Waals surface area contributed by atoms with Crippen molar-refractivity contribution in [2.24, 2.45) is 0 Å². The van der Waals surface area contributed by atoms with Crippen LogP contribution in [0.2, 0.25) is 10.0 Å². The number of urea groups is 1. The van der Waals surface area contributed by atoms with Gasteiger partial charge in [0.25, 0.3) is 0 Å². The molecule has 1 rings (SSSR count). The zero-order valence-electron chi connectivity index (χ0n) is 11.0. The van der Waals surface area contributed by atoms with Crippen molar-refractivity contribution in [3.8, 4) is 0 Å². The molecule has 1 aromatic rings. The van der Waals surface area contributed by atoms with Gasteiger partial charge in [0.2, 0.25) is 0 Å². The number of carboxylic acid groups (broad SMARTS) is 1. The van der Waals surface area contributed by atoms with Gasteiger partial charge in [0.15, 0.2) is 5.82 Å². The summed E-state index contributed by atoms with van der Waals surface area (Å²) < 4.78 is 13.2. The molecule has 0 aliphatic carbocycles. The van der Waals surface area contributed by atoms with Gasteiger partial charge in [0.05, 0.1) is 10.0 Å². The van der Waals surface area contributed by atoms with Crippen LogP contribution in [0.15, 0.2) is 12.1 Å². The lowest BCUT2D eigenvalue weighted by molar-refractivity contribution is -0.146. The summed E-state index contributed by atoms with van der Waals surface area (Å²) >= 11 is 11.2. The van der Waals surface area contributed by atoms with E-state index >= 15 is 0 Å². The summed E-state index contributed by atoms with van der Waals surface area (Å²) in [7, 11) is 1.33. The first-order valence-corrected chi connectivity index (χ1v) is 6.25. The molecule has 20 heavy (non-hydrogen) atoms. The van der Waals surface area contributed by atoms with Crippen LogP contribution in [0.1, 0.15) is 13.8 Å². The highest BCUT2D eigenvalue weighted by Gasteiger charge is 2.35. The molecule has 0 spiro atoms. The fraction of sp³-hybridized carbons (Fsp3) is 0.333. The SMILES string of the molecule is CN(C(=O)Nc1cc(Cl)c(F)c(Cl)c1)C(C)(C)C(=O)O. The van der Waals surface area contributed by atoms with Gasteiger partial charge in [0.1, 0.15) is 5.54 Å². The van der Waals surface area contributed by atoms with E-state index in [4.69, 9.17) is 28.3 Å². The zero-order valence-corrected chi connectivity index (χ0v) is 12.5. The minimum atomic E-state index is -1.41. The molecule has 5 nitrogen and oxygen atoms in total. The topological polar surface area (TPSA) is 69.6 Å². The lowest BCUT2D eigenvalue weighted by Gasteiger charge is -2.31. The number of carboxylic acids is 1. The van der Waals surface area contributed by atoms with Crippen molar-refractivity contribution in [1.82, 2.24) is 4.90 Å². The number of rotatable bonds is 3. The van der Waals surface area contributed by atoms with Crippen molar-refractivity contribution in [1.29, 1.82) is 0 Å². The number of nitrogens with one attached hydrogen (secondary N) is 1. The van der Waals surface area contributed by atoms with Gasteiger partial charge in [-0.3, -0.25) is 0 Å². The fourth-order valence-electron chi connectivity index (χ4n) is 1.23. The van der Waals surface area contributed by atoms with Crippen LogP contribution >= 0.6 is 23.2 Å². The van der Waals surface area contributed by atoms with Gasteiger partial charge in [-0.1, -0.05) is 23.2 Å². The van der Waals surface area contributed by atoms with Crippen molar-refractivity contribution in [2.45, 2.75) is 19.4 Å². The summed E-state index contributed by atoms with van der Waals surface area (Å²) in [5, 5.41) is 11.0. The second-order valence-corrected chi connectivity index (χ2v) is 5.42. The van der Waals surface area contributed by atoms with Crippen LogP contribution in [0.3, 0.4) is 0 Å². The largest absolute Gasteiger partial charge is 0.480 e. The van der Waals surface area contributed by atoms with E-state index in [0.717, 1.165) is 4.90 Å². The number of aliphatic carboxylic acids is 1. The van der Waals surface area contributed by atoms with Crippen LogP contribution in [0.5, 0.6) is 0 Å². The summed E-state index contributed by atoms with van der Waals surface area (Å²) in [6.45, 7) is 2.75. The lowest BCUT2D eigenvalue weighted by atomic mass is 10.1. The number of hydrogen-bond donors (Lipinski definition) is 2. The molecule has 0 aliphatic heterocycles. The van der Waals surface area contributed by atoms with Crippen LogP contribution in [0.4, 0.5) is 14.9 Å². The second-order valence-electron chi connectivity index (χ2n) is 4.61. The van der Waals surface area contributed by atoms with E-state index < -0.39 is 23.4 Å². The molecule has 110 valence electrons. The van der Waals surface area contributed by atoms with Gasteiger partial charge in [-0.2, -0.15) is 0 Å². The third-order valence-electron chi connectivity index (χ3n) is 2.90. The first kappa shape index (κ1) is 16.5. The monoisotopic (exact) mass is 322 g/mol. The fourth-order valence-corrected chi connectivity index (χ4v) is 1.72. The van der Waals surface area contributed by atoms with Crippen LogP contribution in [0.25, 0.3) is 0 Å². The van der Waals surface area contributed by atoms with Crippen molar-refractivity contribution in [3.63, 3.8) is 0 Å². The van der Waals surface area contributed by atoms with E-state index in [0.29, 0.717) is 0 Å². The number of halogens is 3. The van der Waals surface area contributed by atoms with E-state index in [1.165, 1.54) is 33.0 Å². The standard InChI is InChI=1S/C12H13Cl2FN2O3/c1-12(2,10(18)19)17(3)11(20)16-6-4-7(13)9(15)8(14)5-6/h4-5H,1-3H3,(H,16,20)(H,18,19). The first-order valence-electron chi connectivity index (χ1n) is 5.50. The minimum absolute atomic E-state index is 0.166. The van der Waals surface area contributed by atoms with E-state index in [1.807, 2.05) is 0 Å². The second kappa shape index (κ2) is 5.85. The number of carbonyl (C=O) groups excluding carboxylic acids is 1. The Morgan fingerprint density at radius 3 is 2.15 bits per heavy atom. The number of nitrogens with zero attached hydrogens (tertiary/aromatic N) is 1. The Bertz CT molecular complexity index is 541. The number of hydrogen-bond acceptors (Lipinski definition) is 2. The van der Waals surface area contributed by atoms with E-state index in [2.05, 4.69) is 5.32 Å². The van der Waals surface area contributed by atoms with Gasteiger partial charge in [-0.05, 0) is 26.0 Å². The zero-order chi connectivity index (χ0) is 15.7. The van der Waals surface area contributed by atoms with Crippen molar-refractivity contribution in [3.05, 3.63) is 28.0 Å². The predicted molar refractivity (Wildman–Crippen MR) is 74.9 cm³/mol. The first-order chi connectivity index (χ1) is 9.07. The highest BCUT2D eigenvalue weighted by atomic mass is 35.5. The smallest absolute Gasteiger partial charge is 0.329 e. The Morgan fingerprint density at radius 2 is 1.75 bits per heavy atom. The molecule has 0 fully saturated rings. The Balaban J connectivity index is 2.94. The third-order valence-corrected chi connectivity index (χ3v) is 3.45. The number of anilines is 1. The average molecular weight is 323 g/mol. The lowest BCUT2D eigenvalue weighted by Crippen LogP contribution is -2.52. The summed E-state index contributed by atoms with van der Waals surface area (Å²) in [5.74, 6) is -1.95. The Labute approximate surface area is 125 Å². The van der Waals surface area contributed by atoms with E-state index in [9.17, 15) is 14.0 Å². The molecule has 0 atom stereocenters. The third kappa shape index (κ3) is 3.32. The van der Waals surface area contributed by atoms with Crippen LogP contribution < -0.4 is 5.32 Å². The molecular weight excluding hydrogens is 310 g/mol. The summed E-state index contributed by atoms with van der Waals surface area (Å²) in [4.78, 5) is 24.0. The van der Waals surface area contributed by atoms with Gasteiger partial charge in [-0.25, -0.2) is 14.0 Å². The molecular formula is C12H13Cl2FN2O3. The highest BCUT2D eigenvalue weighted by molar-refractivity contribution is 6.35. The maximum Gasteiger partial charge on any atom is 0.329 e. The Kier molecular flexibility index (Phi) is 4.83. The molecule has 0 bridgehead atoms. The number of likely N-dealkylation sites (N-methyl/N-ethyl adjacent to an activating group) is 1. The molecule has 0 saturated carbocycles. The maximum atomic E-state index is 13.2. The molecule has 0 saturated heterocycles. The average Bonchev–Trinajstić information content (AvgIpc) is 2.34. The molecule has 2 N–H and O–H groups in total. The molecule has 0 aromatic heterocycles. The van der Waals surface area contributed by atoms with Crippen LogP contribution in [0, 0.1) is 5.82 Å². The molecule has 2 amide bonds. The van der Waals surface area contributed by atoms with Gasteiger partial charge in [0, 0.05) is 12.7 Å². The predicted octanol–water partition coefficient (Wildman–Crippen LogP) is 3.46. The van der Waals surface area contributed by atoms with Gasteiger partial charge >= 0.3 is 12.0 Å². The quantitative estimate of drug-likeness (QED) is 0.837. The normalized spacial score (nSPS) is 11.1. The van der Waals surface area contributed by atoms with Crippen molar-refractivity contribution < 1.29 is 19.1 Å². The van der Waals surface area contributed by atoms with Crippen LogP contribution in [-0.4, -0.2) is 34.6 Å². The molecule has 0 radical (unpaired) electrons. The van der Waals surface area contributed by atoms with Gasteiger partial charge < -0.3 is 15.3 Å². The van der Waals surface area contributed by atoms with Crippen molar-refractivity contribution >= 4 is 40.9 Å². The van der Waals surface area contributed by atoms with E-state index in [1.54, 1.807) is 0 Å². The minimum Gasteiger partial charge on any atom is -0.480 e. The highest BCUT2D eigenvalue weighted by Crippen LogP contribution is 2.27. The Hall–Kier alpha value is -1.53. The number of amides is 2. The van der Waals surface area contributed by atoms with Crippen LogP contribution in [-0.2, 0) is 4.79 Å². The Morgan fingerprint density at radius 1 is 1.30 bits per heavy atom. The molecule has 0 unspecified atom stereocenters.